The van der Waals surface area contributed by atoms with Crippen LogP contribution in [0, 0.1) is 0 Å². The van der Waals surface area contributed by atoms with Crippen molar-refractivity contribution in [2.75, 3.05) is 5.32 Å². The van der Waals surface area contributed by atoms with Gasteiger partial charge in [0.2, 0.25) is 5.82 Å². The van der Waals surface area contributed by atoms with Gasteiger partial charge in [0, 0.05) is 0 Å². The highest BCUT2D eigenvalue weighted by molar-refractivity contribution is 5.82. The fourth-order valence-electron chi connectivity index (χ4n) is 1.17. The molecule has 10 heteroatoms. The van der Waals surface area contributed by atoms with Crippen LogP contribution in [0.3, 0.4) is 0 Å². The van der Waals surface area contributed by atoms with E-state index >= 15 is 0 Å². The van der Waals surface area contributed by atoms with E-state index in [9.17, 15) is 18.0 Å². The first-order chi connectivity index (χ1) is 8.86. The summed E-state index contributed by atoms with van der Waals surface area (Å²) in [7, 11) is 0. The van der Waals surface area contributed by atoms with Crippen LogP contribution >= 0.6 is 0 Å². The van der Waals surface area contributed by atoms with Crippen LogP contribution in [0.4, 0.5) is 23.7 Å². The lowest BCUT2D eigenvalue weighted by molar-refractivity contribution is -0.159. The Morgan fingerprint density at radius 3 is 2.58 bits per heavy atom. The summed E-state index contributed by atoms with van der Waals surface area (Å²) in [5.74, 6) is -1.81. The quantitative estimate of drug-likeness (QED) is 0.870. The van der Waals surface area contributed by atoms with Crippen LogP contribution in [-0.2, 0) is 6.18 Å². The fourth-order valence-corrected chi connectivity index (χ4v) is 1.17. The number of carboxylic acid groups (broad SMARTS) is 1. The van der Waals surface area contributed by atoms with E-state index in [4.69, 9.17) is 5.11 Å². The second-order valence-corrected chi connectivity index (χ2v) is 3.28. The summed E-state index contributed by atoms with van der Waals surface area (Å²) in [5, 5.41) is 13.6. The van der Waals surface area contributed by atoms with Gasteiger partial charge in [-0.25, -0.2) is 4.79 Å². The van der Waals surface area contributed by atoms with Crippen molar-refractivity contribution in [1.29, 1.82) is 0 Å². The summed E-state index contributed by atoms with van der Waals surface area (Å²) in [5.41, 5.74) is 0.186. The smallest absolute Gasteiger partial charge is 0.465 e. The van der Waals surface area contributed by atoms with E-state index in [1.807, 2.05) is 5.32 Å². The van der Waals surface area contributed by atoms with Crippen LogP contribution < -0.4 is 5.32 Å². The van der Waals surface area contributed by atoms with E-state index in [2.05, 4.69) is 19.6 Å². The molecule has 0 aromatic carbocycles. The molecule has 2 N–H and O–H groups in total. The van der Waals surface area contributed by atoms with Gasteiger partial charge >= 0.3 is 18.2 Å². The van der Waals surface area contributed by atoms with E-state index in [0.717, 1.165) is 6.20 Å². The highest BCUT2D eigenvalue weighted by atomic mass is 19.4. The van der Waals surface area contributed by atoms with Crippen molar-refractivity contribution in [3.63, 3.8) is 0 Å². The van der Waals surface area contributed by atoms with Gasteiger partial charge in [0.05, 0.1) is 11.9 Å². The zero-order valence-corrected chi connectivity index (χ0v) is 8.97. The molecule has 100 valence electrons. The van der Waals surface area contributed by atoms with Crippen molar-refractivity contribution in [1.82, 2.24) is 15.1 Å². The van der Waals surface area contributed by atoms with Crippen molar-refractivity contribution < 1.29 is 27.6 Å². The molecule has 2 rings (SSSR count). The molecule has 2 heterocycles. The standard InChI is InChI=1S/C9H5F3N4O3/c10-9(11,12)7-15-6(16-19-7)5-2-1-4(3-13-5)14-8(17)18/h1-3,14H,(H,17,18). The van der Waals surface area contributed by atoms with Crippen LogP contribution in [0.5, 0.6) is 0 Å². The van der Waals surface area contributed by atoms with Crippen LogP contribution in [0.15, 0.2) is 22.9 Å². The SMILES string of the molecule is O=C(O)Nc1ccc(-c2noc(C(F)(F)F)n2)nc1. The molecule has 0 spiro atoms. The van der Waals surface area contributed by atoms with Gasteiger partial charge in [-0.2, -0.15) is 18.2 Å². The molecule has 0 saturated heterocycles. The zero-order valence-electron chi connectivity index (χ0n) is 8.97. The monoisotopic (exact) mass is 274 g/mol. The van der Waals surface area contributed by atoms with E-state index in [1.54, 1.807) is 0 Å². The Bertz CT molecular complexity index is 594. The summed E-state index contributed by atoms with van der Waals surface area (Å²) in [6.45, 7) is 0. The Kier molecular flexibility index (Phi) is 3.07. The van der Waals surface area contributed by atoms with Crippen LogP contribution in [0.1, 0.15) is 5.89 Å². The van der Waals surface area contributed by atoms with Crippen LogP contribution in [0.25, 0.3) is 11.5 Å². The molecule has 0 radical (unpaired) electrons. The third-order valence-electron chi connectivity index (χ3n) is 1.91. The number of carbonyl (C=O) groups is 1. The summed E-state index contributed by atoms with van der Waals surface area (Å²) in [6.07, 6.45) is -4.89. The normalized spacial score (nSPS) is 11.3. The molecule has 19 heavy (non-hydrogen) atoms. The predicted molar refractivity (Wildman–Crippen MR) is 54.2 cm³/mol. The molecule has 0 saturated carbocycles. The number of nitrogens with zero attached hydrogens (tertiary/aromatic N) is 3. The van der Waals surface area contributed by atoms with E-state index in [-0.39, 0.29) is 17.2 Å². The minimum absolute atomic E-state index is 0.0233. The molecule has 0 aliphatic rings. The number of aromatic nitrogens is 3. The highest BCUT2D eigenvalue weighted by Gasteiger charge is 2.38. The van der Waals surface area contributed by atoms with Gasteiger partial charge in [-0.3, -0.25) is 10.3 Å². The number of alkyl halides is 3. The van der Waals surface area contributed by atoms with Gasteiger partial charge in [0.1, 0.15) is 5.69 Å². The third kappa shape index (κ3) is 2.97. The first-order valence-corrected chi connectivity index (χ1v) is 4.73. The average Bonchev–Trinajstić information content (AvgIpc) is 2.78. The predicted octanol–water partition coefficient (Wildman–Crippen LogP) is 2.24. The first-order valence-electron chi connectivity index (χ1n) is 4.73. The van der Waals surface area contributed by atoms with Gasteiger partial charge in [-0.15, -0.1) is 0 Å². The molecule has 2 aromatic heterocycles. The second kappa shape index (κ2) is 4.55. The lowest BCUT2D eigenvalue weighted by atomic mass is 10.3. The van der Waals surface area contributed by atoms with Crippen molar-refractivity contribution in [3.8, 4) is 11.5 Å². The molecule has 1 amide bonds. The van der Waals surface area contributed by atoms with Crippen molar-refractivity contribution in [2.24, 2.45) is 0 Å². The minimum Gasteiger partial charge on any atom is -0.465 e. The molecule has 2 aromatic rings. The highest BCUT2D eigenvalue weighted by Crippen LogP contribution is 2.29. The zero-order chi connectivity index (χ0) is 14.0. The number of amides is 1. The number of rotatable bonds is 2. The fraction of sp³-hybridized carbons (Fsp3) is 0.111. The van der Waals surface area contributed by atoms with Crippen LogP contribution in [0.2, 0.25) is 0 Å². The molecular weight excluding hydrogens is 269 g/mol. The average molecular weight is 274 g/mol. The Morgan fingerprint density at radius 1 is 1.37 bits per heavy atom. The Hall–Kier alpha value is -2.65. The number of hydrogen-bond donors (Lipinski definition) is 2. The maximum atomic E-state index is 12.2. The topological polar surface area (TPSA) is 101 Å². The maximum absolute atomic E-state index is 12.2. The molecule has 0 bridgehead atoms. The molecule has 0 aliphatic carbocycles. The number of hydrogen-bond acceptors (Lipinski definition) is 5. The third-order valence-corrected chi connectivity index (χ3v) is 1.91. The largest absolute Gasteiger partial charge is 0.471 e. The molecular formula is C9H5F3N4O3. The number of pyridine rings is 1. The summed E-state index contributed by atoms with van der Waals surface area (Å²) in [4.78, 5) is 17.2. The Morgan fingerprint density at radius 2 is 2.11 bits per heavy atom. The van der Waals surface area contributed by atoms with Crippen molar-refractivity contribution >= 4 is 11.8 Å². The van der Waals surface area contributed by atoms with E-state index in [0.29, 0.717) is 0 Å². The second-order valence-electron chi connectivity index (χ2n) is 3.28. The first kappa shape index (κ1) is 12.8. The lowest BCUT2D eigenvalue weighted by Crippen LogP contribution is -2.07. The van der Waals surface area contributed by atoms with Gasteiger partial charge in [0.25, 0.3) is 0 Å². The van der Waals surface area contributed by atoms with Gasteiger partial charge < -0.3 is 9.63 Å². The molecule has 0 aliphatic heterocycles. The van der Waals surface area contributed by atoms with Crippen molar-refractivity contribution in [3.05, 3.63) is 24.2 Å². The molecule has 0 unspecified atom stereocenters. The minimum atomic E-state index is -4.73. The van der Waals surface area contributed by atoms with Crippen molar-refractivity contribution in [2.45, 2.75) is 6.18 Å². The number of anilines is 1. The summed E-state index contributed by atoms with van der Waals surface area (Å²) in [6, 6.07) is 2.57. The number of halogens is 3. The molecule has 0 atom stereocenters. The maximum Gasteiger partial charge on any atom is 0.471 e. The van der Waals surface area contributed by atoms with Gasteiger partial charge in [0.15, 0.2) is 0 Å². The van der Waals surface area contributed by atoms with Gasteiger partial charge in [-0.05, 0) is 12.1 Å². The Labute approximate surface area is 103 Å². The Balaban J connectivity index is 2.23. The van der Waals surface area contributed by atoms with Gasteiger partial charge in [-0.1, -0.05) is 5.16 Å². The van der Waals surface area contributed by atoms with Crippen LogP contribution in [-0.4, -0.2) is 26.3 Å². The summed E-state index contributed by atoms with van der Waals surface area (Å²) >= 11 is 0. The molecule has 7 nitrogen and oxygen atoms in total. The summed E-state index contributed by atoms with van der Waals surface area (Å²) < 4.78 is 40.7. The van der Waals surface area contributed by atoms with E-state index in [1.165, 1.54) is 12.1 Å². The number of nitrogens with one attached hydrogen (secondary N) is 1. The van der Waals surface area contributed by atoms with E-state index < -0.39 is 18.2 Å². The lowest BCUT2D eigenvalue weighted by Gasteiger charge is -1.99. The molecule has 0 fully saturated rings.